The summed E-state index contributed by atoms with van der Waals surface area (Å²) in [4.78, 5) is 13.6. The maximum absolute atomic E-state index is 13.6. The molecule has 5 heteroatoms. The monoisotopic (exact) mass is 654 g/mol. The van der Waals surface area contributed by atoms with Crippen molar-refractivity contribution in [2.45, 2.75) is 130 Å². The van der Waals surface area contributed by atoms with E-state index in [-0.39, 0.29) is 17.5 Å². The molecule has 262 valence electrons. The lowest BCUT2D eigenvalue weighted by Gasteiger charge is -2.62. The summed E-state index contributed by atoms with van der Waals surface area (Å²) in [6.07, 6.45) is 18.9. The van der Waals surface area contributed by atoms with Gasteiger partial charge >= 0.3 is 5.97 Å². The number of aliphatic hydroxyl groups is 1. The zero-order chi connectivity index (χ0) is 34.1. The van der Waals surface area contributed by atoms with Gasteiger partial charge in [0, 0.05) is 17.3 Å². The molecule has 0 aliphatic heterocycles. The van der Waals surface area contributed by atoms with E-state index in [0.29, 0.717) is 34.4 Å². The molecule has 9 unspecified atom stereocenters. The van der Waals surface area contributed by atoms with Crippen LogP contribution in [0.3, 0.4) is 0 Å². The van der Waals surface area contributed by atoms with Crippen molar-refractivity contribution in [3.8, 4) is 0 Å². The summed E-state index contributed by atoms with van der Waals surface area (Å²) in [6.45, 7) is 9.93. The summed E-state index contributed by atoms with van der Waals surface area (Å²) < 4.78 is 6.61. The van der Waals surface area contributed by atoms with E-state index in [1.54, 1.807) is 0 Å². The molecular formula is C43H62N2O3. The van der Waals surface area contributed by atoms with Crippen molar-refractivity contribution in [2.24, 2.45) is 46.3 Å². The molecule has 48 heavy (non-hydrogen) atoms. The number of hydrogen-bond acceptors (Lipinski definition) is 5. The SMILES string of the molecule is CC(C)CCCCC1CCC2C3CC(OC(=O)c4ccc(N)cc4)C4CC(c5ccc(N)cc5)CCC4(C)C3CCC12C.OC=C1CC1. The largest absolute Gasteiger partial charge is 0.516 e. The number of nitrogens with two attached hydrogens (primary N) is 2. The van der Waals surface area contributed by atoms with Gasteiger partial charge in [0.2, 0.25) is 0 Å². The lowest BCUT2D eigenvalue weighted by atomic mass is 9.43. The Bertz CT molecular complexity index is 1410. The van der Waals surface area contributed by atoms with Crippen molar-refractivity contribution in [1.29, 1.82) is 0 Å². The molecule has 0 bridgehead atoms. The number of aliphatic hydroxyl groups excluding tert-OH is 1. The van der Waals surface area contributed by atoms with Gasteiger partial charge in [0.15, 0.2) is 0 Å². The number of benzene rings is 2. The molecule has 5 aliphatic rings. The van der Waals surface area contributed by atoms with Crippen molar-refractivity contribution in [3.63, 3.8) is 0 Å². The van der Waals surface area contributed by atoms with E-state index in [1.807, 2.05) is 36.4 Å². The normalized spacial score (nSPS) is 35.0. The third-order valence-corrected chi connectivity index (χ3v) is 14.0. The smallest absolute Gasteiger partial charge is 0.338 e. The second-order valence-corrected chi connectivity index (χ2v) is 17.2. The van der Waals surface area contributed by atoms with Crippen molar-refractivity contribution in [2.75, 3.05) is 11.5 Å². The lowest BCUT2D eigenvalue weighted by Crippen LogP contribution is -2.58. The Hall–Kier alpha value is -2.95. The van der Waals surface area contributed by atoms with Crippen LogP contribution in [-0.4, -0.2) is 17.2 Å². The van der Waals surface area contributed by atoms with Gasteiger partial charge in [-0.1, -0.05) is 59.1 Å². The van der Waals surface area contributed by atoms with Crippen LogP contribution >= 0.6 is 0 Å². The van der Waals surface area contributed by atoms with Crippen molar-refractivity contribution < 1.29 is 14.6 Å². The van der Waals surface area contributed by atoms with Crippen LogP contribution in [0, 0.1) is 46.3 Å². The van der Waals surface area contributed by atoms with Gasteiger partial charge in [0.1, 0.15) is 6.10 Å². The minimum absolute atomic E-state index is 0.0414. The number of rotatable bonds is 8. The van der Waals surface area contributed by atoms with Crippen LogP contribution in [-0.2, 0) is 4.74 Å². The van der Waals surface area contributed by atoms with Crippen LogP contribution in [0.15, 0.2) is 60.4 Å². The molecule has 0 radical (unpaired) electrons. The fourth-order valence-corrected chi connectivity index (χ4v) is 11.0. The average molecular weight is 655 g/mol. The van der Waals surface area contributed by atoms with Crippen LogP contribution in [0.2, 0.25) is 0 Å². The van der Waals surface area contributed by atoms with E-state index in [2.05, 4.69) is 39.8 Å². The van der Waals surface area contributed by atoms with E-state index in [0.717, 1.165) is 55.0 Å². The van der Waals surface area contributed by atoms with Crippen LogP contribution in [0.1, 0.15) is 139 Å². The molecule has 0 saturated heterocycles. The molecule has 2 aromatic rings. The summed E-state index contributed by atoms with van der Waals surface area (Å²) in [6, 6.07) is 15.8. The third-order valence-electron chi connectivity index (χ3n) is 14.0. The Morgan fingerprint density at radius 1 is 0.854 bits per heavy atom. The quantitative estimate of drug-likeness (QED) is 0.114. The number of carbonyl (C=O) groups is 1. The summed E-state index contributed by atoms with van der Waals surface area (Å²) in [7, 11) is 0. The topological polar surface area (TPSA) is 98.6 Å². The number of ether oxygens (including phenoxy) is 1. The highest BCUT2D eigenvalue weighted by molar-refractivity contribution is 5.89. The number of esters is 1. The van der Waals surface area contributed by atoms with Gasteiger partial charge in [-0.25, -0.2) is 4.79 Å². The number of anilines is 2. The zero-order valence-corrected chi connectivity index (χ0v) is 30.1. The summed E-state index contributed by atoms with van der Waals surface area (Å²) in [5, 5.41) is 8.04. The zero-order valence-electron chi connectivity index (χ0n) is 30.1. The first kappa shape index (κ1) is 34.9. The fourth-order valence-electron chi connectivity index (χ4n) is 11.0. The Morgan fingerprint density at radius 2 is 1.50 bits per heavy atom. The van der Waals surface area contributed by atoms with Crippen LogP contribution < -0.4 is 11.5 Å². The number of unbranched alkanes of at least 4 members (excludes halogenated alkanes) is 1. The van der Waals surface area contributed by atoms with Gasteiger partial charge in [-0.15, -0.1) is 0 Å². The Balaban J connectivity index is 0.000000736. The van der Waals surface area contributed by atoms with E-state index in [9.17, 15) is 4.79 Å². The molecule has 0 amide bonds. The van der Waals surface area contributed by atoms with Crippen LogP contribution in [0.25, 0.3) is 0 Å². The molecule has 5 saturated carbocycles. The van der Waals surface area contributed by atoms with Gasteiger partial charge in [0.05, 0.1) is 11.8 Å². The van der Waals surface area contributed by atoms with Gasteiger partial charge in [0.25, 0.3) is 0 Å². The molecule has 5 N–H and O–H groups in total. The Morgan fingerprint density at radius 3 is 2.12 bits per heavy atom. The second kappa shape index (κ2) is 14.5. The summed E-state index contributed by atoms with van der Waals surface area (Å²) in [5.41, 5.74) is 17.3. The minimum atomic E-state index is -0.187. The Kier molecular flexibility index (Phi) is 10.5. The molecule has 5 aliphatic carbocycles. The van der Waals surface area contributed by atoms with Gasteiger partial charge < -0.3 is 21.3 Å². The predicted octanol–water partition coefficient (Wildman–Crippen LogP) is 10.9. The van der Waals surface area contributed by atoms with Crippen LogP contribution in [0.4, 0.5) is 11.4 Å². The molecule has 5 nitrogen and oxygen atoms in total. The number of carbonyl (C=O) groups excluding carboxylic acids is 1. The molecule has 0 heterocycles. The molecule has 0 aromatic heterocycles. The highest BCUT2D eigenvalue weighted by Gasteiger charge is 2.62. The van der Waals surface area contributed by atoms with E-state index >= 15 is 0 Å². The first-order valence-electron chi connectivity index (χ1n) is 19.3. The summed E-state index contributed by atoms with van der Waals surface area (Å²) in [5.74, 6) is 4.48. The van der Waals surface area contributed by atoms with Gasteiger partial charge in [-0.2, -0.15) is 0 Å². The van der Waals surface area contributed by atoms with E-state index in [4.69, 9.17) is 21.3 Å². The van der Waals surface area contributed by atoms with Crippen molar-refractivity contribution in [1.82, 2.24) is 0 Å². The van der Waals surface area contributed by atoms with Crippen molar-refractivity contribution in [3.05, 3.63) is 71.5 Å². The summed E-state index contributed by atoms with van der Waals surface area (Å²) >= 11 is 0. The molecule has 7 rings (SSSR count). The molecule has 5 fully saturated rings. The standard InChI is InChI=1S/C39H56N2O2.C4H6O/c1-25(2)7-5-6-8-29-13-18-33-32-24-36(43-37(42)27-11-16-31(41)17-12-27)35-23-28(26-9-14-30(40)15-10-26)19-21-39(35,4)34(32)20-22-38(29,33)3;5-3-4-1-2-4/h9-12,14-17,25,28-29,32-36H,5-8,13,18-24,40-41H2,1-4H3;3,5H,1-2H2. The first-order chi connectivity index (χ1) is 23.0. The number of hydrogen-bond donors (Lipinski definition) is 3. The first-order valence-corrected chi connectivity index (χ1v) is 19.3. The third kappa shape index (κ3) is 7.31. The minimum Gasteiger partial charge on any atom is -0.516 e. The van der Waals surface area contributed by atoms with Crippen LogP contribution in [0.5, 0.6) is 0 Å². The van der Waals surface area contributed by atoms with Gasteiger partial charge in [-0.3, -0.25) is 0 Å². The molecule has 9 atom stereocenters. The maximum Gasteiger partial charge on any atom is 0.338 e. The number of fused-ring (bicyclic) bond motifs is 5. The van der Waals surface area contributed by atoms with Crippen molar-refractivity contribution >= 4 is 17.3 Å². The molecule has 2 aromatic carbocycles. The highest BCUT2D eigenvalue weighted by Crippen LogP contribution is 2.69. The Labute approximate surface area is 290 Å². The van der Waals surface area contributed by atoms with E-state index < -0.39 is 0 Å². The fraction of sp³-hybridized carbons (Fsp3) is 0.651. The highest BCUT2D eigenvalue weighted by atomic mass is 16.5. The van der Waals surface area contributed by atoms with Gasteiger partial charge in [-0.05, 0) is 165 Å². The lowest BCUT2D eigenvalue weighted by molar-refractivity contribution is -0.161. The molecular weight excluding hydrogens is 592 g/mol. The maximum atomic E-state index is 13.6. The predicted molar refractivity (Wildman–Crippen MR) is 198 cm³/mol. The molecule has 0 spiro atoms. The number of allylic oxidation sites excluding steroid dienone is 1. The van der Waals surface area contributed by atoms with E-state index in [1.165, 1.54) is 81.6 Å². The second-order valence-electron chi connectivity index (χ2n) is 17.2. The average Bonchev–Trinajstić information content (AvgIpc) is 3.85. The number of nitrogen functional groups attached to an aromatic ring is 2.